The summed E-state index contributed by atoms with van der Waals surface area (Å²) in [5, 5.41) is 13.6. The summed E-state index contributed by atoms with van der Waals surface area (Å²) in [6.07, 6.45) is 1.21. The Morgan fingerprint density at radius 2 is 1.94 bits per heavy atom. The van der Waals surface area contributed by atoms with E-state index in [9.17, 15) is 14.4 Å². The molecule has 1 rings (SSSR count). The van der Waals surface area contributed by atoms with Crippen LogP contribution in [0.5, 0.6) is 0 Å². The molecule has 0 heterocycles. The Bertz CT molecular complexity index is 303. The van der Waals surface area contributed by atoms with Crippen LogP contribution in [0.2, 0.25) is 0 Å². The third-order valence-electron chi connectivity index (χ3n) is 2.44. The smallest absolute Gasteiger partial charge is 0.307 e. The Morgan fingerprint density at radius 1 is 1.25 bits per heavy atom. The number of carbonyl (C=O) groups is 3. The molecule has 2 amide bonds. The molecular formula is C10H16N2O4. The minimum Gasteiger partial charge on any atom is -0.481 e. The van der Waals surface area contributed by atoms with Crippen LogP contribution in [0.4, 0.5) is 0 Å². The van der Waals surface area contributed by atoms with E-state index in [1.165, 1.54) is 0 Å². The molecule has 3 N–H and O–H groups in total. The van der Waals surface area contributed by atoms with Crippen LogP contribution in [0.25, 0.3) is 0 Å². The fourth-order valence-corrected chi connectivity index (χ4v) is 1.38. The molecule has 0 radical (unpaired) electrons. The van der Waals surface area contributed by atoms with Crippen molar-refractivity contribution in [2.24, 2.45) is 11.8 Å². The molecule has 6 heteroatoms. The highest BCUT2D eigenvalue weighted by Gasteiger charge is 2.48. The first kappa shape index (κ1) is 12.5. The van der Waals surface area contributed by atoms with Gasteiger partial charge < -0.3 is 15.7 Å². The highest BCUT2D eigenvalue weighted by Crippen LogP contribution is 2.38. The van der Waals surface area contributed by atoms with Crippen LogP contribution in [0.1, 0.15) is 19.8 Å². The van der Waals surface area contributed by atoms with Gasteiger partial charge in [0, 0.05) is 6.54 Å². The standard InChI is InChI=1S/C10H16N2O4/c1-2-3-11-8(13)5-12-9(14)6-4-7(6)10(15)16/h6-7H,2-5H2,1H3,(H,11,13)(H,12,14)(H,15,16)/t6-,7+/m1/s1. The first-order valence-corrected chi connectivity index (χ1v) is 5.33. The van der Waals surface area contributed by atoms with Crippen molar-refractivity contribution in [2.45, 2.75) is 19.8 Å². The number of carbonyl (C=O) groups excluding carboxylic acids is 2. The van der Waals surface area contributed by atoms with Gasteiger partial charge in [-0.05, 0) is 12.8 Å². The molecule has 1 aliphatic carbocycles. The Morgan fingerprint density at radius 3 is 2.44 bits per heavy atom. The second-order valence-electron chi connectivity index (χ2n) is 3.85. The average molecular weight is 228 g/mol. The van der Waals surface area contributed by atoms with Gasteiger partial charge in [-0.15, -0.1) is 0 Å². The molecule has 1 aliphatic rings. The lowest BCUT2D eigenvalue weighted by Gasteiger charge is -2.05. The molecule has 0 saturated heterocycles. The van der Waals surface area contributed by atoms with E-state index in [4.69, 9.17) is 5.11 Å². The van der Waals surface area contributed by atoms with Crippen LogP contribution >= 0.6 is 0 Å². The fraction of sp³-hybridized carbons (Fsp3) is 0.700. The van der Waals surface area contributed by atoms with Crippen molar-refractivity contribution in [3.8, 4) is 0 Å². The summed E-state index contributed by atoms with van der Waals surface area (Å²) >= 11 is 0. The van der Waals surface area contributed by atoms with Crippen molar-refractivity contribution in [3.63, 3.8) is 0 Å². The third kappa shape index (κ3) is 3.52. The van der Waals surface area contributed by atoms with Crippen LogP contribution in [0.15, 0.2) is 0 Å². The fourth-order valence-electron chi connectivity index (χ4n) is 1.38. The lowest BCUT2D eigenvalue weighted by molar-refractivity contribution is -0.140. The van der Waals surface area contributed by atoms with E-state index in [1.807, 2.05) is 6.92 Å². The first-order valence-electron chi connectivity index (χ1n) is 5.33. The van der Waals surface area contributed by atoms with Crippen molar-refractivity contribution >= 4 is 17.8 Å². The zero-order valence-electron chi connectivity index (χ0n) is 9.16. The zero-order chi connectivity index (χ0) is 12.1. The van der Waals surface area contributed by atoms with Gasteiger partial charge in [-0.25, -0.2) is 0 Å². The zero-order valence-corrected chi connectivity index (χ0v) is 9.16. The Labute approximate surface area is 93.4 Å². The lowest BCUT2D eigenvalue weighted by Crippen LogP contribution is -2.38. The van der Waals surface area contributed by atoms with Gasteiger partial charge in [0.25, 0.3) is 0 Å². The van der Waals surface area contributed by atoms with Crippen molar-refractivity contribution in [1.29, 1.82) is 0 Å². The van der Waals surface area contributed by atoms with Crippen LogP contribution in [0.3, 0.4) is 0 Å². The average Bonchev–Trinajstić information content (AvgIpc) is 3.02. The van der Waals surface area contributed by atoms with Gasteiger partial charge in [0.15, 0.2) is 0 Å². The van der Waals surface area contributed by atoms with Gasteiger partial charge in [0.05, 0.1) is 18.4 Å². The van der Waals surface area contributed by atoms with E-state index < -0.39 is 17.8 Å². The molecule has 0 spiro atoms. The van der Waals surface area contributed by atoms with Crippen molar-refractivity contribution < 1.29 is 19.5 Å². The van der Waals surface area contributed by atoms with E-state index >= 15 is 0 Å². The molecule has 6 nitrogen and oxygen atoms in total. The maximum absolute atomic E-state index is 11.3. The third-order valence-corrected chi connectivity index (χ3v) is 2.44. The van der Waals surface area contributed by atoms with Crippen LogP contribution < -0.4 is 10.6 Å². The molecule has 16 heavy (non-hydrogen) atoms. The quantitative estimate of drug-likeness (QED) is 0.563. The molecule has 90 valence electrons. The first-order chi connectivity index (χ1) is 7.56. The molecule has 0 aliphatic heterocycles. The maximum atomic E-state index is 11.3. The van der Waals surface area contributed by atoms with Crippen LogP contribution in [-0.2, 0) is 14.4 Å². The Kier molecular flexibility index (Phi) is 4.28. The number of rotatable bonds is 6. The summed E-state index contributed by atoms with van der Waals surface area (Å²) in [6.45, 7) is 2.43. The second-order valence-corrected chi connectivity index (χ2v) is 3.85. The summed E-state index contributed by atoms with van der Waals surface area (Å²) in [4.78, 5) is 33.0. The molecule has 0 aromatic rings. The molecular weight excluding hydrogens is 212 g/mol. The number of hydrogen-bond donors (Lipinski definition) is 3. The number of carboxylic acid groups (broad SMARTS) is 1. The Balaban J connectivity index is 2.17. The summed E-state index contributed by atoms with van der Waals surface area (Å²) in [5.41, 5.74) is 0. The molecule has 0 bridgehead atoms. The molecule has 1 fully saturated rings. The lowest BCUT2D eigenvalue weighted by atomic mass is 10.3. The van der Waals surface area contributed by atoms with Gasteiger partial charge in [0.2, 0.25) is 11.8 Å². The predicted molar refractivity (Wildman–Crippen MR) is 55.5 cm³/mol. The maximum Gasteiger partial charge on any atom is 0.307 e. The van der Waals surface area contributed by atoms with Gasteiger partial charge in [0.1, 0.15) is 0 Å². The molecule has 0 aromatic heterocycles. The van der Waals surface area contributed by atoms with Gasteiger partial charge in [-0.2, -0.15) is 0 Å². The highest BCUT2D eigenvalue weighted by atomic mass is 16.4. The summed E-state index contributed by atoms with van der Waals surface area (Å²) in [7, 11) is 0. The summed E-state index contributed by atoms with van der Waals surface area (Å²) < 4.78 is 0. The highest BCUT2D eigenvalue weighted by molar-refractivity contribution is 5.91. The summed E-state index contributed by atoms with van der Waals surface area (Å²) in [5.74, 6) is -2.58. The minimum absolute atomic E-state index is 0.0817. The predicted octanol–water partition coefficient (Wildman–Crippen LogP) is -0.650. The van der Waals surface area contributed by atoms with E-state index in [0.29, 0.717) is 13.0 Å². The van der Waals surface area contributed by atoms with Crippen molar-refractivity contribution in [3.05, 3.63) is 0 Å². The molecule has 2 atom stereocenters. The van der Waals surface area contributed by atoms with E-state index in [-0.39, 0.29) is 18.4 Å². The van der Waals surface area contributed by atoms with E-state index in [2.05, 4.69) is 10.6 Å². The SMILES string of the molecule is CCCNC(=O)CNC(=O)[C@@H]1C[C@@H]1C(=O)O. The van der Waals surface area contributed by atoms with E-state index in [1.54, 1.807) is 0 Å². The van der Waals surface area contributed by atoms with Gasteiger partial charge in [-0.3, -0.25) is 14.4 Å². The number of hydrogen-bond acceptors (Lipinski definition) is 3. The van der Waals surface area contributed by atoms with Crippen LogP contribution in [-0.4, -0.2) is 36.0 Å². The normalized spacial score (nSPS) is 22.3. The van der Waals surface area contributed by atoms with Crippen molar-refractivity contribution in [1.82, 2.24) is 10.6 Å². The second kappa shape index (κ2) is 5.48. The number of carboxylic acids is 1. The molecule has 0 unspecified atom stereocenters. The number of amides is 2. The largest absolute Gasteiger partial charge is 0.481 e. The topological polar surface area (TPSA) is 95.5 Å². The monoisotopic (exact) mass is 228 g/mol. The Hall–Kier alpha value is -1.59. The van der Waals surface area contributed by atoms with Gasteiger partial charge in [-0.1, -0.05) is 6.92 Å². The van der Waals surface area contributed by atoms with Gasteiger partial charge >= 0.3 is 5.97 Å². The van der Waals surface area contributed by atoms with E-state index in [0.717, 1.165) is 6.42 Å². The molecule has 0 aromatic carbocycles. The van der Waals surface area contributed by atoms with Crippen molar-refractivity contribution in [2.75, 3.05) is 13.1 Å². The van der Waals surface area contributed by atoms with Crippen LogP contribution in [0, 0.1) is 11.8 Å². The summed E-state index contributed by atoms with van der Waals surface area (Å²) in [6, 6.07) is 0. The number of nitrogens with one attached hydrogen (secondary N) is 2. The number of aliphatic carboxylic acids is 1. The minimum atomic E-state index is -0.949. The molecule has 1 saturated carbocycles.